The van der Waals surface area contributed by atoms with E-state index in [4.69, 9.17) is 9.47 Å². The van der Waals surface area contributed by atoms with Gasteiger partial charge in [0.1, 0.15) is 18.4 Å². The highest BCUT2D eigenvalue weighted by Crippen LogP contribution is 2.23. The predicted molar refractivity (Wildman–Crippen MR) is 68.4 cm³/mol. The van der Waals surface area contributed by atoms with Gasteiger partial charge in [-0.3, -0.25) is 9.69 Å². The van der Waals surface area contributed by atoms with Gasteiger partial charge in [-0.05, 0) is 19.9 Å². The summed E-state index contributed by atoms with van der Waals surface area (Å²) in [6.45, 7) is 6.17. The van der Waals surface area contributed by atoms with Gasteiger partial charge in [-0.1, -0.05) is 18.2 Å². The minimum Gasteiger partial charge on any atom is -0.492 e. The molecule has 18 heavy (non-hydrogen) atoms. The molecule has 0 spiro atoms. The monoisotopic (exact) mass is 249 g/mol. The van der Waals surface area contributed by atoms with E-state index >= 15 is 0 Å². The largest absolute Gasteiger partial charge is 0.492 e. The van der Waals surface area contributed by atoms with Crippen molar-refractivity contribution in [1.82, 2.24) is 4.90 Å². The highest BCUT2D eigenvalue weighted by Gasteiger charge is 2.25. The van der Waals surface area contributed by atoms with Crippen LogP contribution in [0, 0.1) is 0 Å². The second-order valence-electron chi connectivity index (χ2n) is 4.35. The molecule has 0 saturated heterocycles. The number of para-hydroxylation sites is 1. The summed E-state index contributed by atoms with van der Waals surface area (Å²) in [4.78, 5) is 13.8. The van der Waals surface area contributed by atoms with E-state index in [0.717, 1.165) is 24.4 Å². The highest BCUT2D eigenvalue weighted by molar-refractivity contribution is 5.75. The molecular weight excluding hydrogens is 230 g/mol. The number of rotatable bonds is 3. The van der Waals surface area contributed by atoms with Crippen LogP contribution in [-0.4, -0.2) is 36.7 Å². The summed E-state index contributed by atoms with van der Waals surface area (Å²) in [6.07, 6.45) is 0. The molecule has 1 aromatic rings. The number of hydrogen-bond acceptors (Lipinski definition) is 4. The van der Waals surface area contributed by atoms with Gasteiger partial charge >= 0.3 is 5.97 Å². The van der Waals surface area contributed by atoms with Crippen molar-refractivity contribution >= 4 is 5.97 Å². The quantitative estimate of drug-likeness (QED) is 0.766. The first-order valence-corrected chi connectivity index (χ1v) is 6.33. The fourth-order valence-electron chi connectivity index (χ4n) is 2.09. The zero-order valence-corrected chi connectivity index (χ0v) is 10.9. The van der Waals surface area contributed by atoms with Crippen molar-refractivity contribution in [2.75, 3.05) is 19.8 Å². The molecule has 1 unspecified atom stereocenters. The van der Waals surface area contributed by atoms with Gasteiger partial charge in [0.2, 0.25) is 0 Å². The molecule has 4 heteroatoms. The molecule has 98 valence electrons. The molecule has 1 atom stereocenters. The smallest absolute Gasteiger partial charge is 0.323 e. The van der Waals surface area contributed by atoms with E-state index in [9.17, 15) is 4.79 Å². The van der Waals surface area contributed by atoms with Crippen molar-refractivity contribution in [1.29, 1.82) is 0 Å². The van der Waals surface area contributed by atoms with Crippen LogP contribution in [0.4, 0.5) is 0 Å². The summed E-state index contributed by atoms with van der Waals surface area (Å²) >= 11 is 0. The Hall–Kier alpha value is -1.55. The number of ether oxygens (including phenoxy) is 2. The van der Waals surface area contributed by atoms with Crippen LogP contribution in [-0.2, 0) is 16.1 Å². The molecule has 1 aromatic carbocycles. The lowest BCUT2D eigenvalue weighted by Gasteiger charge is -2.25. The summed E-state index contributed by atoms with van der Waals surface area (Å²) in [5, 5.41) is 0. The Labute approximate surface area is 107 Å². The second-order valence-corrected chi connectivity index (χ2v) is 4.35. The van der Waals surface area contributed by atoms with Crippen LogP contribution in [0.15, 0.2) is 24.3 Å². The number of esters is 1. The Balaban J connectivity index is 2.10. The number of carbonyl (C=O) groups is 1. The fourth-order valence-corrected chi connectivity index (χ4v) is 2.09. The zero-order chi connectivity index (χ0) is 13.0. The van der Waals surface area contributed by atoms with Crippen LogP contribution < -0.4 is 4.74 Å². The van der Waals surface area contributed by atoms with Crippen LogP contribution in [0.1, 0.15) is 19.4 Å². The molecule has 0 aromatic heterocycles. The molecule has 0 fully saturated rings. The number of fused-ring (bicyclic) bond motifs is 1. The van der Waals surface area contributed by atoms with Crippen molar-refractivity contribution in [3.63, 3.8) is 0 Å². The zero-order valence-electron chi connectivity index (χ0n) is 10.9. The normalized spacial score (nSPS) is 17.2. The van der Waals surface area contributed by atoms with Crippen LogP contribution in [0.3, 0.4) is 0 Å². The molecule has 0 saturated carbocycles. The van der Waals surface area contributed by atoms with Gasteiger partial charge in [0, 0.05) is 18.7 Å². The molecular formula is C14H19NO3. The van der Waals surface area contributed by atoms with Gasteiger partial charge in [0.15, 0.2) is 0 Å². The summed E-state index contributed by atoms with van der Waals surface area (Å²) < 4.78 is 10.7. The number of nitrogens with zero attached hydrogens (tertiary/aromatic N) is 1. The summed E-state index contributed by atoms with van der Waals surface area (Å²) in [6, 6.07) is 7.71. The lowest BCUT2D eigenvalue weighted by atomic mass is 10.1. The van der Waals surface area contributed by atoms with Crippen LogP contribution in [0.5, 0.6) is 5.75 Å². The first-order chi connectivity index (χ1) is 8.72. The lowest BCUT2D eigenvalue weighted by molar-refractivity contribution is -0.149. The Morgan fingerprint density at radius 3 is 3.06 bits per heavy atom. The lowest BCUT2D eigenvalue weighted by Crippen LogP contribution is -2.40. The third kappa shape index (κ3) is 2.82. The van der Waals surface area contributed by atoms with E-state index < -0.39 is 0 Å². The maximum atomic E-state index is 11.8. The van der Waals surface area contributed by atoms with Crippen molar-refractivity contribution in [2.45, 2.75) is 26.4 Å². The Morgan fingerprint density at radius 1 is 1.50 bits per heavy atom. The molecule has 0 aliphatic carbocycles. The van der Waals surface area contributed by atoms with E-state index in [0.29, 0.717) is 13.2 Å². The van der Waals surface area contributed by atoms with E-state index in [2.05, 4.69) is 4.90 Å². The number of hydrogen-bond donors (Lipinski definition) is 0. The number of benzene rings is 1. The van der Waals surface area contributed by atoms with E-state index in [1.54, 1.807) is 0 Å². The Kier molecular flexibility index (Phi) is 4.20. The average molecular weight is 249 g/mol. The van der Waals surface area contributed by atoms with E-state index in [1.807, 2.05) is 38.1 Å². The molecule has 4 nitrogen and oxygen atoms in total. The highest BCUT2D eigenvalue weighted by atomic mass is 16.5. The van der Waals surface area contributed by atoms with Crippen molar-refractivity contribution in [3.8, 4) is 5.75 Å². The molecule has 0 N–H and O–H groups in total. The summed E-state index contributed by atoms with van der Waals surface area (Å²) in [5.74, 6) is 0.743. The van der Waals surface area contributed by atoms with Crippen LogP contribution in [0.25, 0.3) is 0 Å². The first-order valence-electron chi connectivity index (χ1n) is 6.33. The molecule has 1 heterocycles. The fraction of sp³-hybridized carbons (Fsp3) is 0.500. The maximum absolute atomic E-state index is 11.8. The predicted octanol–water partition coefficient (Wildman–Crippen LogP) is 1.83. The third-order valence-corrected chi connectivity index (χ3v) is 3.16. The van der Waals surface area contributed by atoms with Gasteiger partial charge in [0.05, 0.1) is 6.61 Å². The standard InChI is InChI=1S/C14H19NO3/c1-3-17-14(16)11(2)15-8-9-18-13-7-5-4-6-12(13)10-15/h4-7,11H,3,8-10H2,1-2H3. The van der Waals surface area contributed by atoms with Gasteiger partial charge in [-0.15, -0.1) is 0 Å². The molecule has 2 rings (SSSR count). The van der Waals surface area contributed by atoms with Crippen molar-refractivity contribution in [2.24, 2.45) is 0 Å². The SMILES string of the molecule is CCOC(=O)C(C)N1CCOc2ccccc2C1. The molecule has 0 radical (unpaired) electrons. The molecule has 0 bridgehead atoms. The molecule has 0 amide bonds. The number of carbonyl (C=O) groups excluding carboxylic acids is 1. The topological polar surface area (TPSA) is 38.8 Å². The minimum absolute atomic E-state index is 0.170. The second kappa shape index (κ2) is 5.87. The van der Waals surface area contributed by atoms with Crippen LogP contribution in [0.2, 0.25) is 0 Å². The first kappa shape index (κ1) is 12.9. The van der Waals surface area contributed by atoms with Gasteiger partial charge in [-0.25, -0.2) is 0 Å². The molecule has 1 aliphatic heterocycles. The van der Waals surface area contributed by atoms with E-state index in [1.165, 1.54) is 0 Å². The third-order valence-electron chi connectivity index (χ3n) is 3.16. The Morgan fingerprint density at radius 2 is 2.28 bits per heavy atom. The Bertz CT molecular complexity index is 419. The minimum atomic E-state index is -0.236. The molecule has 1 aliphatic rings. The van der Waals surface area contributed by atoms with Gasteiger partial charge < -0.3 is 9.47 Å². The van der Waals surface area contributed by atoms with Gasteiger partial charge in [-0.2, -0.15) is 0 Å². The summed E-state index contributed by atoms with van der Waals surface area (Å²) in [5.41, 5.74) is 1.12. The summed E-state index contributed by atoms with van der Waals surface area (Å²) in [7, 11) is 0. The van der Waals surface area contributed by atoms with Crippen molar-refractivity contribution < 1.29 is 14.3 Å². The maximum Gasteiger partial charge on any atom is 0.323 e. The van der Waals surface area contributed by atoms with Crippen LogP contribution >= 0.6 is 0 Å². The van der Waals surface area contributed by atoms with Gasteiger partial charge in [0.25, 0.3) is 0 Å². The van der Waals surface area contributed by atoms with E-state index in [-0.39, 0.29) is 12.0 Å². The van der Waals surface area contributed by atoms with Crippen molar-refractivity contribution in [3.05, 3.63) is 29.8 Å². The average Bonchev–Trinajstić information content (AvgIpc) is 2.60.